The molecule has 2 aromatic rings. The van der Waals surface area contributed by atoms with Crippen LogP contribution in [0.1, 0.15) is 24.4 Å². The summed E-state index contributed by atoms with van der Waals surface area (Å²) in [5.74, 6) is 3.24. The smallest absolute Gasteiger partial charge is 0.143 e. The molecule has 2 heterocycles. The quantitative estimate of drug-likeness (QED) is 0.869. The summed E-state index contributed by atoms with van der Waals surface area (Å²) in [5, 5.41) is 0. The number of aromatic nitrogens is 2. The molecule has 1 saturated carbocycles. The topological polar surface area (TPSA) is 45.5 Å². The van der Waals surface area contributed by atoms with Crippen molar-refractivity contribution in [3.8, 4) is 22.9 Å². The highest BCUT2D eigenvalue weighted by molar-refractivity contribution is 5.69. The van der Waals surface area contributed by atoms with Gasteiger partial charge >= 0.3 is 0 Å². The van der Waals surface area contributed by atoms with Crippen LogP contribution < -0.4 is 9.47 Å². The predicted molar refractivity (Wildman–Crippen MR) is 87.0 cm³/mol. The number of nitrogens with zero attached hydrogens (tertiary/aromatic N) is 2. The maximum atomic E-state index is 5.75. The largest absolute Gasteiger partial charge is 0.496 e. The normalized spacial score (nSPS) is 25.8. The molecule has 122 valence electrons. The minimum Gasteiger partial charge on any atom is -0.496 e. The lowest BCUT2D eigenvalue weighted by atomic mass is 9.76. The van der Waals surface area contributed by atoms with Gasteiger partial charge in [-0.3, -0.25) is 0 Å². The molecule has 5 nitrogen and oxygen atoms in total. The second-order valence-corrected chi connectivity index (χ2v) is 6.30. The number of benzene rings is 1. The minimum absolute atomic E-state index is 0.440. The van der Waals surface area contributed by atoms with Gasteiger partial charge < -0.3 is 18.8 Å². The molecule has 0 bridgehead atoms. The number of hydrogen-bond acceptors (Lipinski definition) is 4. The predicted octanol–water partition coefficient (Wildman–Crippen LogP) is 3.23. The molecule has 0 amide bonds. The fourth-order valence-corrected chi connectivity index (χ4v) is 4.01. The van der Waals surface area contributed by atoms with Gasteiger partial charge in [0.25, 0.3) is 0 Å². The van der Waals surface area contributed by atoms with Crippen LogP contribution in [0.5, 0.6) is 11.5 Å². The monoisotopic (exact) mass is 314 g/mol. The Hall–Kier alpha value is -2.01. The second kappa shape index (κ2) is 5.57. The first kappa shape index (κ1) is 14.6. The lowest BCUT2D eigenvalue weighted by Crippen LogP contribution is -2.39. The van der Waals surface area contributed by atoms with Gasteiger partial charge in [0.2, 0.25) is 0 Å². The van der Waals surface area contributed by atoms with Gasteiger partial charge in [-0.05, 0) is 31.9 Å². The zero-order chi connectivity index (χ0) is 16.0. The molecule has 1 saturated heterocycles. The van der Waals surface area contributed by atoms with Gasteiger partial charge in [-0.2, -0.15) is 0 Å². The molecular weight excluding hydrogens is 292 g/mol. The van der Waals surface area contributed by atoms with Crippen LogP contribution in [0.3, 0.4) is 0 Å². The van der Waals surface area contributed by atoms with Crippen LogP contribution in [0, 0.1) is 12.8 Å². The van der Waals surface area contributed by atoms with E-state index in [2.05, 4.69) is 15.7 Å². The molecule has 0 radical (unpaired) electrons. The van der Waals surface area contributed by atoms with E-state index in [1.165, 1.54) is 0 Å². The van der Waals surface area contributed by atoms with E-state index >= 15 is 0 Å². The van der Waals surface area contributed by atoms with E-state index in [9.17, 15) is 0 Å². The van der Waals surface area contributed by atoms with Crippen molar-refractivity contribution in [2.75, 3.05) is 20.8 Å². The van der Waals surface area contributed by atoms with Crippen molar-refractivity contribution in [2.24, 2.45) is 5.92 Å². The van der Waals surface area contributed by atoms with Crippen molar-refractivity contribution in [1.82, 2.24) is 9.55 Å². The molecule has 5 heteroatoms. The summed E-state index contributed by atoms with van der Waals surface area (Å²) in [7, 11) is 3.37. The molecule has 1 aliphatic carbocycles. The Morgan fingerprint density at radius 1 is 1.26 bits per heavy atom. The number of hydrogen-bond donors (Lipinski definition) is 0. The van der Waals surface area contributed by atoms with E-state index in [0.29, 0.717) is 18.1 Å². The summed E-state index contributed by atoms with van der Waals surface area (Å²) in [5.41, 5.74) is 2.01. The number of fused-ring (bicyclic) bond motifs is 1. The Morgan fingerprint density at radius 3 is 2.87 bits per heavy atom. The fourth-order valence-electron chi connectivity index (χ4n) is 4.01. The summed E-state index contributed by atoms with van der Waals surface area (Å²) in [4.78, 5) is 4.61. The molecular formula is C18H22N2O3. The first-order valence-electron chi connectivity index (χ1n) is 8.11. The van der Waals surface area contributed by atoms with Crippen molar-refractivity contribution in [1.29, 1.82) is 0 Å². The van der Waals surface area contributed by atoms with E-state index in [4.69, 9.17) is 14.2 Å². The van der Waals surface area contributed by atoms with Gasteiger partial charge in [0.15, 0.2) is 0 Å². The molecule has 23 heavy (non-hydrogen) atoms. The van der Waals surface area contributed by atoms with Crippen molar-refractivity contribution in [3.63, 3.8) is 0 Å². The molecule has 2 aliphatic rings. The summed E-state index contributed by atoms with van der Waals surface area (Å²) >= 11 is 0. The average Bonchev–Trinajstić information content (AvgIpc) is 3.15. The SMILES string of the molecule is COc1ccc(-c2nccn2[C@@H]2C[C@H]3OCC[C@@H]23)c(OC)c1C. The van der Waals surface area contributed by atoms with E-state index < -0.39 is 0 Å². The maximum Gasteiger partial charge on any atom is 0.143 e. The third kappa shape index (κ3) is 2.14. The fraction of sp³-hybridized carbons (Fsp3) is 0.500. The summed E-state index contributed by atoms with van der Waals surface area (Å²) in [6.07, 6.45) is 6.61. The van der Waals surface area contributed by atoms with Gasteiger partial charge in [-0.25, -0.2) is 4.98 Å². The zero-order valence-corrected chi connectivity index (χ0v) is 13.8. The summed E-state index contributed by atoms with van der Waals surface area (Å²) < 4.78 is 19.1. The summed E-state index contributed by atoms with van der Waals surface area (Å²) in [6.45, 7) is 2.90. The molecule has 0 spiro atoms. The average molecular weight is 314 g/mol. The third-order valence-corrected chi connectivity index (χ3v) is 5.28. The Balaban J connectivity index is 1.75. The third-order valence-electron chi connectivity index (χ3n) is 5.28. The van der Waals surface area contributed by atoms with Gasteiger partial charge in [-0.15, -0.1) is 0 Å². The number of imidazole rings is 1. The van der Waals surface area contributed by atoms with Crippen molar-refractivity contribution in [2.45, 2.75) is 31.9 Å². The van der Waals surface area contributed by atoms with E-state index in [1.54, 1.807) is 14.2 Å². The number of rotatable bonds is 4. The van der Waals surface area contributed by atoms with Crippen molar-refractivity contribution < 1.29 is 14.2 Å². The number of ether oxygens (including phenoxy) is 3. The Bertz CT molecular complexity index is 725. The van der Waals surface area contributed by atoms with Crippen LogP contribution in [0.25, 0.3) is 11.4 Å². The van der Waals surface area contributed by atoms with Crippen LogP contribution in [0.15, 0.2) is 24.5 Å². The lowest BCUT2D eigenvalue weighted by molar-refractivity contribution is -0.00519. The van der Waals surface area contributed by atoms with Crippen LogP contribution >= 0.6 is 0 Å². The Labute approximate surface area is 136 Å². The second-order valence-electron chi connectivity index (χ2n) is 6.30. The molecule has 0 N–H and O–H groups in total. The van der Waals surface area contributed by atoms with Gasteiger partial charge in [0.1, 0.15) is 17.3 Å². The standard InChI is InChI=1S/C18H22N2O3/c1-11-15(21-2)5-4-13(17(11)22-3)18-19-7-8-20(18)14-10-16-12(14)6-9-23-16/h4-5,7-8,12,14,16H,6,9-10H2,1-3H3/t12-,14+,16+/m0/s1. The van der Waals surface area contributed by atoms with Gasteiger partial charge in [0, 0.05) is 36.5 Å². The van der Waals surface area contributed by atoms with E-state index in [1.807, 2.05) is 25.3 Å². The molecule has 3 atom stereocenters. The Kier molecular flexibility index (Phi) is 3.53. The van der Waals surface area contributed by atoms with Crippen molar-refractivity contribution >= 4 is 0 Å². The highest BCUT2D eigenvalue weighted by Crippen LogP contribution is 2.48. The maximum absolute atomic E-state index is 5.75. The first-order chi connectivity index (χ1) is 11.2. The van der Waals surface area contributed by atoms with Crippen LogP contribution in [0.4, 0.5) is 0 Å². The van der Waals surface area contributed by atoms with Gasteiger partial charge in [-0.1, -0.05) is 0 Å². The van der Waals surface area contributed by atoms with Crippen LogP contribution in [-0.2, 0) is 4.74 Å². The van der Waals surface area contributed by atoms with E-state index in [0.717, 1.165) is 47.9 Å². The molecule has 1 aliphatic heterocycles. The minimum atomic E-state index is 0.440. The molecule has 1 aromatic heterocycles. The highest BCUT2D eigenvalue weighted by atomic mass is 16.5. The molecule has 2 fully saturated rings. The first-order valence-corrected chi connectivity index (χ1v) is 8.11. The zero-order valence-electron chi connectivity index (χ0n) is 13.8. The molecule has 4 rings (SSSR count). The Morgan fingerprint density at radius 2 is 2.13 bits per heavy atom. The number of methoxy groups -OCH3 is 2. The lowest BCUT2D eigenvalue weighted by Gasteiger charge is -2.40. The van der Waals surface area contributed by atoms with Gasteiger partial charge in [0.05, 0.1) is 25.9 Å². The molecule has 0 unspecified atom stereocenters. The van der Waals surface area contributed by atoms with E-state index in [-0.39, 0.29) is 0 Å². The molecule has 1 aromatic carbocycles. The van der Waals surface area contributed by atoms with Crippen molar-refractivity contribution in [3.05, 3.63) is 30.1 Å². The summed E-state index contributed by atoms with van der Waals surface area (Å²) in [6, 6.07) is 4.49. The van der Waals surface area contributed by atoms with Crippen LogP contribution in [0.2, 0.25) is 0 Å². The van der Waals surface area contributed by atoms with Crippen LogP contribution in [-0.4, -0.2) is 36.5 Å². The highest BCUT2D eigenvalue weighted by Gasteiger charge is 2.46.